The molecule has 2 unspecified atom stereocenters. The van der Waals surface area contributed by atoms with Gasteiger partial charge in [-0.3, -0.25) is 9.89 Å². The van der Waals surface area contributed by atoms with Crippen molar-refractivity contribution in [3.05, 3.63) is 27.9 Å². The molecular formula is C11H17N5O. The molecule has 0 fully saturated rings. The van der Waals surface area contributed by atoms with Crippen molar-refractivity contribution in [2.75, 3.05) is 0 Å². The van der Waals surface area contributed by atoms with E-state index in [9.17, 15) is 4.79 Å². The van der Waals surface area contributed by atoms with Crippen molar-refractivity contribution in [2.45, 2.75) is 33.2 Å². The number of nitrogens with one attached hydrogen (secondary N) is 1. The molecule has 0 aliphatic heterocycles. The van der Waals surface area contributed by atoms with E-state index in [1.54, 1.807) is 6.92 Å². The lowest BCUT2D eigenvalue weighted by molar-refractivity contribution is 0.439. The van der Waals surface area contributed by atoms with Crippen molar-refractivity contribution >= 4 is 5.78 Å². The Labute approximate surface area is 98.9 Å². The lowest BCUT2D eigenvalue weighted by atomic mass is 10.00. The van der Waals surface area contributed by atoms with Crippen LogP contribution >= 0.6 is 0 Å². The Kier molecular flexibility index (Phi) is 2.97. The number of hydrogen-bond acceptors (Lipinski definition) is 4. The molecule has 2 heterocycles. The Morgan fingerprint density at radius 1 is 1.53 bits per heavy atom. The van der Waals surface area contributed by atoms with Crippen LogP contribution in [0.1, 0.15) is 37.8 Å². The molecule has 92 valence electrons. The second-order valence-corrected chi connectivity index (χ2v) is 4.39. The molecule has 0 aromatic carbocycles. The van der Waals surface area contributed by atoms with Gasteiger partial charge in [0, 0.05) is 11.8 Å². The Hall–Kier alpha value is -1.69. The molecule has 2 rings (SSSR count). The maximum atomic E-state index is 11.7. The van der Waals surface area contributed by atoms with E-state index >= 15 is 0 Å². The van der Waals surface area contributed by atoms with Crippen LogP contribution in [0, 0.1) is 12.8 Å². The van der Waals surface area contributed by atoms with Gasteiger partial charge in [0.2, 0.25) is 0 Å². The lowest BCUT2D eigenvalue weighted by Crippen LogP contribution is -2.20. The second kappa shape index (κ2) is 4.29. The summed E-state index contributed by atoms with van der Waals surface area (Å²) in [6.07, 6.45) is 0.958. The summed E-state index contributed by atoms with van der Waals surface area (Å²) in [5.41, 5.74) is 6.56. The molecule has 2 atom stereocenters. The van der Waals surface area contributed by atoms with Crippen molar-refractivity contribution < 1.29 is 0 Å². The highest BCUT2D eigenvalue weighted by Gasteiger charge is 2.18. The number of fused-ring (bicyclic) bond motifs is 1. The molecule has 0 amide bonds. The molecule has 0 radical (unpaired) electrons. The first-order valence-corrected chi connectivity index (χ1v) is 5.74. The van der Waals surface area contributed by atoms with E-state index in [-0.39, 0.29) is 11.6 Å². The van der Waals surface area contributed by atoms with Gasteiger partial charge >= 0.3 is 0 Å². The quantitative estimate of drug-likeness (QED) is 0.822. The number of rotatable bonds is 3. The molecular weight excluding hydrogens is 218 g/mol. The number of aromatic nitrogens is 4. The monoisotopic (exact) mass is 235 g/mol. The van der Waals surface area contributed by atoms with E-state index in [1.807, 2.05) is 0 Å². The number of H-pyrrole nitrogens is 1. The third kappa shape index (κ3) is 2.08. The predicted molar refractivity (Wildman–Crippen MR) is 64.7 cm³/mol. The molecule has 0 bridgehead atoms. The maximum absolute atomic E-state index is 11.7. The maximum Gasteiger partial charge on any atom is 0.274 e. The molecule has 17 heavy (non-hydrogen) atoms. The van der Waals surface area contributed by atoms with Crippen LogP contribution in [0.4, 0.5) is 0 Å². The number of nitrogens with two attached hydrogens (primary N) is 1. The number of aromatic amines is 1. The smallest absolute Gasteiger partial charge is 0.274 e. The average molecular weight is 235 g/mol. The minimum absolute atomic E-state index is 0.164. The van der Waals surface area contributed by atoms with Crippen LogP contribution in [0.15, 0.2) is 10.9 Å². The molecule has 2 aromatic rings. The van der Waals surface area contributed by atoms with Crippen LogP contribution in [-0.4, -0.2) is 19.6 Å². The lowest BCUT2D eigenvalue weighted by Gasteiger charge is -2.14. The first-order chi connectivity index (χ1) is 8.02. The SMILES string of the molecule is CCC(C)C(N)c1nc2nc(C)cc(=O)n2[nH]1. The molecule has 2 aromatic heterocycles. The van der Waals surface area contributed by atoms with Gasteiger partial charge in [-0.05, 0) is 12.8 Å². The Balaban J connectivity index is 2.52. The third-order valence-electron chi connectivity index (χ3n) is 3.05. The van der Waals surface area contributed by atoms with Gasteiger partial charge in [-0.25, -0.2) is 4.98 Å². The highest BCUT2D eigenvalue weighted by atomic mass is 16.1. The van der Waals surface area contributed by atoms with E-state index in [4.69, 9.17) is 5.73 Å². The van der Waals surface area contributed by atoms with E-state index in [2.05, 4.69) is 28.9 Å². The Morgan fingerprint density at radius 2 is 2.24 bits per heavy atom. The third-order valence-corrected chi connectivity index (χ3v) is 3.05. The van der Waals surface area contributed by atoms with Gasteiger partial charge in [0.05, 0.1) is 6.04 Å². The van der Waals surface area contributed by atoms with Crippen molar-refractivity contribution in [3.8, 4) is 0 Å². The first kappa shape index (κ1) is 11.8. The van der Waals surface area contributed by atoms with E-state index in [0.29, 0.717) is 23.2 Å². The summed E-state index contributed by atoms with van der Waals surface area (Å²) in [4.78, 5) is 20.2. The van der Waals surface area contributed by atoms with E-state index < -0.39 is 0 Å². The molecule has 0 saturated heterocycles. The highest BCUT2D eigenvalue weighted by molar-refractivity contribution is 5.28. The standard InChI is InChI=1S/C11H17N5O/c1-4-6(2)9(12)10-14-11-13-7(3)5-8(17)16(11)15-10/h5-6,9H,4,12H2,1-3H3,(H,13,14,15). The number of nitrogens with zero attached hydrogens (tertiary/aromatic N) is 3. The summed E-state index contributed by atoms with van der Waals surface area (Å²) >= 11 is 0. The van der Waals surface area contributed by atoms with Gasteiger partial charge < -0.3 is 5.73 Å². The van der Waals surface area contributed by atoms with Crippen LogP contribution in [0.2, 0.25) is 0 Å². The van der Waals surface area contributed by atoms with Gasteiger partial charge in [0.1, 0.15) is 5.82 Å². The molecule has 6 heteroatoms. The van der Waals surface area contributed by atoms with Crippen molar-refractivity contribution in [3.63, 3.8) is 0 Å². The van der Waals surface area contributed by atoms with Gasteiger partial charge in [-0.2, -0.15) is 9.50 Å². The van der Waals surface area contributed by atoms with Crippen molar-refractivity contribution in [1.82, 2.24) is 19.6 Å². The summed E-state index contributed by atoms with van der Waals surface area (Å²) in [6, 6.07) is 1.26. The molecule has 0 aliphatic rings. The molecule has 0 aliphatic carbocycles. The zero-order chi connectivity index (χ0) is 12.6. The molecule has 3 N–H and O–H groups in total. The first-order valence-electron chi connectivity index (χ1n) is 5.74. The van der Waals surface area contributed by atoms with Gasteiger partial charge in [0.25, 0.3) is 11.3 Å². The Bertz CT molecular complexity index is 585. The zero-order valence-corrected chi connectivity index (χ0v) is 10.3. The minimum atomic E-state index is -0.207. The van der Waals surface area contributed by atoms with Crippen molar-refractivity contribution in [2.24, 2.45) is 11.7 Å². The van der Waals surface area contributed by atoms with Crippen LogP contribution in [-0.2, 0) is 0 Å². The van der Waals surface area contributed by atoms with Crippen molar-refractivity contribution in [1.29, 1.82) is 0 Å². The summed E-state index contributed by atoms with van der Waals surface area (Å²) < 4.78 is 1.32. The zero-order valence-electron chi connectivity index (χ0n) is 10.3. The topological polar surface area (TPSA) is 89.1 Å². The summed E-state index contributed by atoms with van der Waals surface area (Å²) in [5, 5.41) is 2.91. The molecule has 0 saturated carbocycles. The van der Waals surface area contributed by atoms with Gasteiger partial charge in [-0.1, -0.05) is 20.3 Å². The van der Waals surface area contributed by atoms with Gasteiger partial charge in [0.15, 0.2) is 0 Å². The second-order valence-electron chi connectivity index (χ2n) is 4.39. The van der Waals surface area contributed by atoms with E-state index in [0.717, 1.165) is 6.42 Å². The number of aryl methyl sites for hydroxylation is 1. The fourth-order valence-electron chi connectivity index (χ4n) is 1.68. The van der Waals surface area contributed by atoms with Crippen LogP contribution < -0.4 is 11.3 Å². The van der Waals surface area contributed by atoms with Crippen LogP contribution in [0.3, 0.4) is 0 Å². The predicted octanol–water partition coefficient (Wildman–Crippen LogP) is 0.772. The summed E-state index contributed by atoms with van der Waals surface area (Å²) in [5.74, 6) is 1.28. The van der Waals surface area contributed by atoms with Crippen LogP contribution in [0.25, 0.3) is 5.78 Å². The van der Waals surface area contributed by atoms with E-state index in [1.165, 1.54) is 10.6 Å². The fourth-order valence-corrected chi connectivity index (χ4v) is 1.68. The average Bonchev–Trinajstić information content (AvgIpc) is 2.70. The fraction of sp³-hybridized carbons (Fsp3) is 0.545. The van der Waals surface area contributed by atoms with Crippen LogP contribution in [0.5, 0.6) is 0 Å². The molecule has 0 spiro atoms. The molecule has 6 nitrogen and oxygen atoms in total. The normalized spacial score (nSPS) is 15.1. The Morgan fingerprint density at radius 3 is 2.88 bits per heavy atom. The summed E-state index contributed by atoms with van der Waals surface area (Å²) in [7, 11) is 0. The van der Waals surface area contributed by atoms with Gasteiger partial charge in [-0.15, -0.1) is 0 Å². The summed E-state index contributed by atoms with van der Waals surface area (Å²) in [6.45, 7) is 5.89. The minimum Gasteiger partial charge on any atom is -0.321 e. The largest absolute Gasteiger partial charge is 0.321 e. The highest BCUT2D eigenvalue weighted by Crippen LogP contribution is 2.18. The number of hydrogen-bond donors (Lipinski definition) is 2.